The third-order valence-corrected chi connectivity index (χ3v) is 3.91. The molecule has 4 nitrogen and oxygen atoms in total. The molecule has 22 heavy (non-hydrogen) atoms. The van der Waals surface area contributed by atoms with Gasteiger partial charge in [-0.3, -0.25) is 0 Å². The molecule has 0 saturated carbocycles. The van der Waals surface area contributed by atoms with Crippen molar-refractivity contribution in [2.24, 2.45) is 0 Å². The van der Waals surface area contributed by atoms with E-state index in [9.17, 15) is 0 Å². The fraction of sp³-hybridized carbons (Fsp3) is 0.125. The molecule has 6 heteroatoms. The summed E-state index contributed by atoms with van der Waals surface area (Å²) in [6, 6.07) is 15.1. The van der Waals surface area contributed by atoms with Crippen LogP contribution in [0.1, 0.15) is 5.89 Å². The number of hydrogen-bond acceptors (Lipinski definition) is 4. The van der Waals surface area contributed by atoms with Gasteiger partial charge in [-0.2, -0.15) is 0 Å². The van der Waals surface area contributed by atoms with Gasteiger partial charge < -0.3 is 9.73 Å². The second-order valence-electron chi connectivity index (χ2n) is 4.65. The molecule has 3 rings (SSSR count). The molecule has 0 spiro atoms. The Hall–Kier alpha value is -2.04. The number of nitrogens with one attached hydrogen (secondary N) is 1. The number of halogens is 2. The summed E-state index contributed by atoms with van der Waals surface area (Å²) in [5.74, 6) is 1.10. The Labute approximate surface area is 138 Å². The highest BCUT2D eigenvalue weighted by Crippen LogP contribution is 2.29. The molecule has 2 aromatic carbocycles. The average molecular weight is 334 g/mol. The van der Waals surface area contributed by atoms with Crippen LogP contribution in [0.25, 0.3) is 11.5 Å². The summed E-state index contributed by atoms with van der Waals surface area (Å²) in [7, 11) is 0. The molecule has 0 fully saturated rings. The fourth-order valence-corrected chi connectivity index (χ4v) is 2.36. The minimum Gasteiger partial charge on any atom is -0.421 e. The van der Waals surface area contributed by atoms with Crippen LogP contribution in [0.4, 0.5) is 5.69 Å². The van der Waals surface area contributed by atoms with Crippen molar-refractivity contribution in [1.29, 1.82) is 0 Å². The second kappa shape index (κ2) is 6.81. The third-order valence-electron chi connectivity index (χ3n) is 3.09. The average Bonchev–Trinajstić information content (AvgIpc) is 3.01. The largest absolute Gasteiger partial charge is 0.421 e. The van der Waals surface area contributed by atoms with Crippen LogP contribution in [-0.2, 0) is 6.42 Å². The third kappa shape index (κ3) is 3.40. The van der Waals surface area contributed by atoms with Crippen molar-refractivity contribution in [2.45, 2.75) is 6.42 Å². The smallest absolute Gasteiger partial charge is 0.247 e. The van der Waals surface area contributed by atoms with Crippen LogP contribution < -0.4 is 5.32 Å². The highest BCUT2D eigenvalue weighted by Gasteiger charge is 2.08. The van der Waals surface area contributed by atoms with Crippen molar-refractivity contribution in [2.75, 3.05) is 11.9 Å². The van der Waals surface area contributed by atoms with Gasteiger partial charge in [0.25, 0.3) is 0 Å². The van der Waals surface area contributed by atoms with Crippen LogP contribution in [0, 0.1) is 0 Å². The summed E-state index contributed by atoms with van der Waals surface area (Å²) in [5.41, 5.74) is 1.70. The van der Waals surface area contributed by atoms with Crippen LogP contribution in [0.2, 0.25) is 10.0 Å². The van der Waals surface area contributed by atoms with Gasteiger partial charge in [-0.1, -0.05) is 47.5 Å². The van der Waals surface area contributed by atoms with Crippen LogP contribution in [0.3, 0.4) is 0 Å². The molecular formula is C16H13Cl2N3O. The van der Waals surface area contributed by atoms with Gasteiger partial charge in [0, 0.05) is 18.5 Å². The maximum atomic E-state index is 6.11. The van der Waals surface area contributed by atoms with Crippen molar-refractivity contribution in [3.05, 3.63) is 64.5 Å². The van der Waals surface area contributed by atoms with E-state index in [1.54, 1.807) is 6.07 Å². The summed E-state index contributed by atoms with van der Waals surface area (Å²) in [4.78, 5) is 0. The number of benzene rings is 2. The predicted molar refractivity (Wildman–Crippen MR) is 88.4 cm³/mol. The Kier molecular flexibility index (Phi) is 4.61. The van der Waals surface area contributed by atoms with E-state index in [0.29, 0.717) is 34.8 Å². The first-order valence-corrected chi connectivity index (χ1v) is 7.55. The topological polar surface area (TPSA) is 51.0 Å². The van der Waals surface area contributed by atoms with Crippen molar-refractivity contribution in [3.8, 4) is 11.5 Å². The van der Waals surface area contributed by atoms with Gasteiger partial charge in [0.1, 0.15) is 0 Å². The van der Waals surface area contributed by atoms with Gasteiger partial charge in [0.05, 0.1) is 15.7 Å². The van der Waals surface area contributed by atoms with Crippen molar-refractivity contribution in [1.82, 2.24) is 10.2 Å². The number of aromatic nitrogens is 2. The normalized spacial score (nSPS) is 10.6. The summed E-state index contributed by atoms with van der Waals surface area (Å²) < 4.78 is 5.64. The molecule has 0 bridgehead atoms. The minimum atomic E-state index is 0.514. The lowest BCUT2D eigenvalue weighted by Gasteiger charge is -2.07. The molecule has 0 radical (unpaired) electrons. The molecule has 3 aromatic rings. The molecule has 0 amide bonds. The Morgan fingerprint density at radius 2 is 1.77 bits per heavy atom. The molecule has 0 aliphatic heterocycles. The summed E-state index contributed by atoms with van der Waals surface area (Å²) in [6.45, 7) is 0.622. The maximum absolute atomic E-state index is 6.11. The predicted octanol–water partition coefficient (Wildman–Crippen LogP) is 4.70. The van der Waals surface area contributed by atoms with Gasteiger partial charge in [-0.25, -0.2) is 0 Å². The van der Waals surface area contributed by atoms with Crippen LogP contribution in [-0.4, -0.2) is 16.7 Å². The summed E-state index contributed by atoms with van der Waals surface area (Å²) >= 11 is 12.1. The highest BCUT2D eigenvalue weighted by molar-refractivity contribution is 6.43. The molecule has 0 aliphatic rings. The number of nitrogens with zero attached hydrogens (tertiary/aromatic N) is 2. The van der Waals surface area contributed by atoms with Crippen molar-refractivity contribution < 1.29 is 4.42 Å². The molecule has 1 aromatic heterocycles. The molecule has 1 N–H and O–H groups in total. The zero-order valence-electron chi connectivity index (χ0n) is 11.6. The minimum absolute atomic E-state index is 0.514. The highest BCUT2D eigenvalue weighted by atomic mass is 35.5. The molecule has 0 atom stereocenters. The second-order valence-corrected chi connectivity index (χ2v) is 5.43. The zero-order chi connectivity index (χ0) is 15.4. The number of rotatable bonds is 5. The lowest BCUT2D eigenvalue weighted by Crippen LogP contribution is -2.05. The number of hydrogen-bond donors (Lipinski definition) is 1. The Balaban J connectivity index is 1.61. The zero-order valence-corrected chi connectivity index (χ0v) is 13.1. The van der Waals surface area contributed by atoms with Crippen LogP contribution in [0.5, 0.6) is 0 Å². The molecule has 0 unspecified atom stereocenters. The molecule has 0 saturated heterocycles. The van der Waals surface area contributed by atoms with Gasteiger partial charge in [-0.05, 0) is 24.3 Å². The SMILES string of the molecule is Clc1cccc(NCCc2nnc(-c3ccccc3)o2)c1Cl. The molecular weight excluding hydrogens is 321 g/mol. The van der Waals surface area contributed by atoms with E-state index >= 15 is 0 Å². The summed E-state index contributed by atoms with van der Waals surface area (Å²) in [5, 5.41) is 12.3. The first kappa shape index (κ1) is 14.9. The standard InChI is InChI=1S/C16H13Cl2N3O/c17-12-7-4-8-13(15(12)18)19-10-9-14-20-21-16(22-14)11-5-2-1-3-6-11/h1-8,19H,9-10H2. The van der Waals surface area contributed by atoms with Crippen molar-refractivity contribution in [3.63, 3.8) is 0 Å². The van der Waals surface area contributed by atoms with Crippen molar-refractivity contribution >= 4 is 28.9 Å². The monoisotopic (exact) mass is 333 g/mol. The van der Waals surface area contributed by atoms with E-state index in [-0.39, 0.29) is 0 Å². The van der Waals surface area contributed by atoms with E-state index in [4.69, 9.17) is 27.6 Å². The van der Waals surface area contributed by atoms with Gasteiger partial charge in [0.2, 0.25) is 11.8 Å². The molecule has 1 heterocycles. The number of anilines is 1. The van der Waals surface area contributed by atoms with Gasteiger partial charge in [-0.15, -0.1) is 10.2 Å². The van der Waals surface area contributed by atoms with Gasteiger partial charge in [0.15, 0.2) is 0 Å². The lowest BCUT2D eigenvalue weighted by atomic mass is 10.2. The van der Waals surface area contributed by atoms with Gasteiger partial charge >= 0.3 is 0 Å². The van der Waals surface area contributed by atoms with E-state index < -0.39 is 0 Å². The quantitative estimate of drug-likeness (QED) is 0.735. The van der Waals surface area contributed by atoms with E-state index in [1.807, 2.05) is 42.5 Å². The first-order chi connectivity index (χ1) is 10.7. The van der Waals surface area contributed by atoms with Crippen LogP contribution in [0.15, 0.2) is 52.9 Å². The first-order valence-electron chi connectivity index (χ1n) is 6.80. The molecule has 0 aliphatic carbocycles. The maximum Gasteiger partial charge on any atom is 0.247 e. The fourth-order valence-electron chi connectivity index (χ4n) is 2.00. The Morgan fingerprint density at radius 1 is 0.955 bits per heavy atom. The Bertz CT molecular complexity index is 759. The van der Waals surface area contributed by atoms with Crippen LogP contribution >= 0.6 is 23.2 Å². The van der Waals surface area contributed by atoms with E-state index in [2.05, 4.69) is 15.5 Å². The Morgan fingerprint density at radius 3 is 2.59 bits per heavy atom. The van der Waals surface area contributed by atoms with E-state index in [1.165, 1.54) is 0 Å². The summed E-state index contributed by atoms with van der Waals surface area (Å²) in [6.07, 6.45) is 0.600. The lowest BCUT2D eigenvalue weighted by molar-refractivity contribution is 0.509. The van der Waals surface area contributed by atoms with E-state index in [0.717, 1.165) is 11.3 Å². The molecule has 112 valence electrons.